The molecule has 0 aliphatic heterocycles. The van der Waals surface area contributed by atoms with Crippen LogP contribution in [0.25, 0.3) is 0 Å². The predicted molar refractivity (Wildman–Crippen MR) is 88.9 cm³/mol. The zero-order chi connectivity index (χ0) is 16.8. The van der Waals surface area contributed by atoms with Crippen molar-refractivity contribution in [3.63, 3.8) is 0 Å². The van der Waals surface area contributed by atoms with Crippen LogP contribution < -0.4 is 10.7 Å². The van der Waals surface area contributed by atoms with Crippen molar-refractivity contribution in [2.75, 3.05) is 5.32 Å². The van der Waals surface area contributed by atoms with Gasteiger partial charge in [0.1, 0.15) is 5.75 Å². The molecule has 0 spiro atoms. The molecule has 0 bridgehead atoms. The van der Waals surface area contributed by atoms with Gasteiger partial charge in [0.05, 0.1) is 21.9 Å². The first kappa shape index (κ1) is 16.8. The summed E-state index contributed by atoms with van der Waals surface area (Å²) >= 11 is 11.6. The van der Waals surface area contributed by atoms with Gasteiger partial charge < -0.3 is 10.4 Å². The van der Waals surface area contributed by atoms with Crippen molar-refractivity contribution in [1.29, 1.82) is 0 Å². The van der Waals surface area contributed by atoms with Gasteiger partial charge in [-0.15, -0.1) is 0 Å². The monoisotopic (exact) mass is 351 g/mol. The maximum absolute atomic E-state index is 11.7. The molecule has 118 valence electrons. The quantitative estimate of drug-likeness (QED) is 0.451. The zero-order valence-corrected chi connectivity index (χ0v) is 13.1. The molecule has 0 atom stereocenters. The van der Waals surface area contributed by atoms with Crippen LogP contribution in [0.5, 0.6) is 5.75 Å². The normalized spacial score (nSPS) is 10.5. The summed E-state index contributed by atoms with van der Waals surface area (Å²) in [6, 6.07) is 10.9. The molecule has 23 heavy (non-hydrogen) atoms. The van der Waals surface area contributed by atoms with Gasteiger partial charge in [0.2, 0.25) is 0 Å². The number of rotatable bonds is 3. The molecule has 0 aromatic heterocycles. The number of hydrogen-bond acceptors (Lipinski definition) is 4. The number of hydrogen-bond donors (Lipinski definition) is 3. The molecule has 0 saturated carbocycles. The summed E-state index contributed by atoms with van der Waals surface area (Å²) in [4.78, 5) is 23.3. The molecule has 2 amide bonds. The minimum Gasteiger partial charge on any atom is -0.506 e. The Morgan fingerprint density at radius 3 is 2.48 bits per heavy atom. The lowest BCUT2D eigenvalue weighted by Gasteiger charge is -2.05. The van der Waals surface area contributed by atoms with Crippen LogP contribution in [0.1, 0.15) is 5.56 Å². The fraction of sp³-hybridized carbons (Fsp3) is 0. The van der Waals surface area contributed by atoms with Crippen LogP contribution in [0, 0.1) is 0 Å². The summed E-state index contributed by atoms with van der Waals surface area (Å²) in [7, 11) is 0. The number of anilines is 1. The van der Waals surface area contributed by atoms with Crippen molar-refractivity contribution in [2.24, 2.45) is 5.10 Å². The van der Waals surface area contributed by atoms with Gasteiger partial charge in [-0.2, -0.15) is 5.10 Å². The number of benzene rings is 2. The van der Waals surface area contributed by atoms with Crippen molar-refractivity contribution >= 4 is 46.9 Å². The molecule has 2 aromatic carbocycles. The third-order valence-corrected chi connectivity index (χ3v) is 3.31. The van der Waals surface area contributed by atoms with Crippen molar-refractivity contribution < 1.29 is 14.7 Å². The minimum atomic E-state index is -0.953. The van der Waals surface area contributed by atoms with Crippen molar-refractivity contribution in [3.8, 4) is 5.75 Å². The summed E-state index contributed by atoms with van der Waals surface area (Å²) in [5.74, 6) is -1.92. The number of carbonyl (C=O) groups excluding carboxylic acids is 2. The lowest BCUT2D eigenvalue weighted by atomic mass is 10.2. The Hall–Kier alpha value is -2.57. The highest BCUT2D eigenvalue weighted by atomic mass is 35.5. The minimum absolute atomic E-state index is 0.0630. The number of phenols is 1. The highest BCUT2D eigenvalue weighted by Crippen LogP contribution is 2.22. The number of aromatic hydroxyl groups is 1. The maximum Gasteiger partial charge on any atom is 0.329 e. The van der Waals surface area contributed by atoms with E-state index in [0.717, 1.165) is 0 Å². The molecule has 6 nitrogen and oxygen atoms in total. The van der Waals surface area contributed by atoms with Crippen molar-refractivity contribution in [2.45, 2.75) is 0 Å². The third kappa shape index (κ3) is 4.70. The molecule has 2 rings (SSSR count). The van der Waals surface area contributed by atoms with E-state index in [1.54, 1.807) is 30.3 Å². The van der Waals surface area contributed by atoms with E-state index in [1.807, 2.05) is 0 Å². The molecule has 2 aromatic rings. The number of nitrogens with zero attached hydrogens (tertiary/aromatic N) is 1. The standard InChI is InChI=1S/C15H11Cl2N3O3/c16-10-3-1-2-4-12(10)19-14(22)15(23)20-18-8-9-5-6-13(21)11(17)7-9/h1-8,21H,(H,19,22)(H,20,23)/b18-8-. The Labute approximate surface area is 141 Å². The van der Waals surface area contributed by atoms with Gasteiger partial charge in [-0.1, -0.05) is 35.3 Å². The third-order valence-electron chi connectivity index (χ3n) is 2.68. The van der Waals surface area contributed by atoms with Gasteiger partial charge in [0, 0.05) is 0 Å². The number of phenolic OH excluding ortho intramolecular Hbond substituents is 1. The molecule has 0 radical (unpaired) electrons. The molecule has 0 unspecified atom stereocenters. The molecular formula is C15H11Cl2N3O3. The van der Waals surface area contributed by atoms with Crippen LogP contribution in [-0.4, -0.2) is 23.1 Å². The first-order valence-electron chi connectivity index (χ1n) is 6.35. The molecule has 0 saturated heterocycles. The Balaban J connectivity index is 1.93. The van der Waals surface area contributed by atoms with Crippen LogP contribution in [-0.2, 0) is 9.59 Å². The van der Waals surface area contributed by atoms with Gasteiger partial charge in [-0.3, -0.25) is 9.59 Å². The molecular weight excluding hydrogens is 341 g/mol. The second kappa shape index (κ2) is 7.62. The molecule has 8 heteroatoms. The number of para-hydroxylation sites is 1. The van der Waals surface area contributed by atoms with Crippen LogP contribution in [0.4, 0.5) is 5.69 Å². The second-order valence-electron chi connectivity index (χ2n) is 4.34. The maximum atomic E-state index is 11.7. The van der Waals surface area contributed by atoms with Crippen molar-refractivity contribution in [3.05, 3.63) is 58.1 Å². The first-order chi connectivity index (χ1) is 11.0. The number of hydrazone groups is 1. The van der Waals surface area contributed by atoms with E-state index < -0.39 is 11.8 Å². The Morgan fingerprint density at radius 1 is 1.04 bits per heavy atom. The summed E-state index contributed by atoms with van der Waals surface area (Å²) in [6.07, 6.45) is 1.28. The second-order valence-corrected chi connectivity index (χ2v) is 5.16. The smallest absolute Gasteiger partial charge is 0.329 e. The van der Waals surface area contributed by atoms with Gasteiger partial charge in [0.25, 0.3) is 0 Å². The Bertz CT molecular complexity index is 778. The number of halogens is 2. The summed E-state index contributed by atoms with van der Waals surface area (Å²) in [5.41, 5.74) is 2.94. The highest BCUT2D eigenvalue weighted by molar-refractivity contribution is 6.41. The molecule has 0 aliphatic carbocycles. The average Bonchev–Trinajstić information content (AvgIpc) is 2.53. The Morgan fingerprint density at radius 2 is 1.78 bits per heavy atom. The highest BCUT2D eigenvalue weighted by Gasteiger charge is 2.14. The number of amides is 2. The topological polar surface area (TPSA) is 90.8 Å². The summed E-state index contributed by atoms with van der Waals surface area (Å²) < 4.78 is 0. The largest absolute Gasteiger partial charge is 0.506 e. The van der Waals surface area contributed by atoms with E-state index in [4.69, 9.17) is 23.2 Å². The van der Waals surface area contributed by atoms with Crippen LogP contribution in [0.3, 0.4) is 0 Å². The lowest BCUT2D eigenvalue weighted by molar-refractivity contribution is -0.136. The van der Waals surface area contributed by atoms with E-state index in [0.29, 0.717) is 16.3 Å². The van der Waals surface area contributed by atoms with Gasteiger partial charge in [-0.05, 0) is 35.9 Å². The van der Waals surface area contributed by atoms with E-state index in [9.17, 15) is 14.7 Å². The average molecular weight is 352 g/mol. The number of nitrogens with one attached hydrogen (secondary N) is 2. The van der Waals surface area contributed by atoms with Crippen LogP contribution in [0.15, 0.2) is 47.6 Å². The summed E-state index contributed by atoms with van der Waals surface area (Å²) in [5, 5.41) is 15.8. The zero-order valence-electron chi connectivity index (χ0n) is 11.6. The Kier molecular flexibility index (Phi) is 5.56. The van der Waals surface area contributed by atoms with Gasteiger partial charge >= 0.3 is 11.8 Å². The SMILES string of the molecule is O=C(N/N=C\c1ccc(O)c(Cl)c1)C(=O)Nc1ccccc1Cl. The number of carbonyl (C=O) groups is 2. The van der Waals surface area contributed by atoms with Crippen LogP contribution in [0.2, 0.25) is 10.0 Å². The fourth-order valence-corrected chi connectivity index (χ4v) is 1.93. The van der Waals surface area contributed by atoms with E-state index in [2.05, 4.69) is 15.8 Å². The molecule has 3 N–H and O–H groups in total. The molecule has 0 aliphatic rings. The van der Waals surface area contributed by atoms with Crippen LogP contribution >= 0.6 is 23.2 Å². The molecule has 0 heterocycles. The predicted octanol–water partition coefficient (Wildman–Crippen LogP) is 2.79. The first-order valence-corrected chi connectivity index (χ1v) is 7.10. The van der Waals surface area contributed by atoms with E-state index >= 15 is 0 Å². The van der Waals surface area contributed by atoms with Gasteiger partial charge in [0.15, 0.2) is 0 Å². The van der Waals surface area contributed by atoms with Gasteiger partial charge in [-0.25, -0.2) is 5.43 Å². The van der Waals surface area contributed by atoms with Crippen molar-refractivity contribution in [1.82, 2.24) is 5.43 Å². The fourth-order valence-electron chi connectivity index (χ4n) is 1.56. The van der Waals surface area contributed by atoms with E-state index in [-0.39, 0.29) is 10.8 Å². The summed E-state index contributed by atoms with van der Waals surface area (Å²) in [6.45, 7) is 0. The lowest BCUT2D eigenvalue weighted by Crippen LogP contribution is -2.32. The molecule has 0 fully saturated rings. The van der Waals surface area contributed by atoms with E-state index in [1.165, 1.54) is 18.3 Å².